The lowest BCUT2D eigenvalue weighted by Gasteiger charge is -2.14. The molecule has 9 aromatic carbocycles. The molecule has 290 valence electrons. The normalized spacial score (nSPS) is 11.2. The Morgan fingerprint density at radius 3 is 1.26 bits per heavy atom. The van der Waals surface area contributed by atoms with Crippen molar-refractivity contribution in [3.63, 3.8) is 0 Å². The van der Waals surface area contributed by atoms with E-state index in [0.717, 1.165) is 83.6 Å². The number of benzene rings is 9. The summed E-state index contributed by atoms with van der Waals surface area (Å²) in [4.78, 5) is 15.6. The first-order valence-corrected chi connectivity index (χ1v) is 21.0. The summed E-state index contributed by atoms with van der Waals surface area (Å²) in [6, 6.07) is 83.5. The second kappa shape index (κ2) is 16.1. The van der Waals surface area contributed by atoms with Gasteiger partial charge in [0.25, 0.3) is 0 Å². The van der Waals surface area contributed by atoms with Gasteiger partial charge >= 0.3 is 0 Å². The molecule has 0 saturated heterocycles. The number of hydrogen-bond donors (Lipinski definition) is 0. The summed E-state index contributed by atoms with van der Waals surface area (Å²) in [5.41, 5.74) is 17.0. The molecule has 2 aromatic heterocycles. The maximum atomic E-state index is 5.22. The number of hydrogen-bond acceptors (Lipinski definition) is 3. The zero-order valence-electron chi connectivity index (χ0n) is 33.9. The van der Waals surface area contributed by atoms with Gasteiger partial charge in [-0.3, -0.25) is 0 Å². The van der Waals surface area contributed by atoms with Gasteiger partial charge < -0.3 is 0 Å². The minimum Gasteiger partial charge on any atom is -0.248 e. The zero-order valence-corrected chi connectivity index (χ0v) is 33.9. The van der Waals surface area contributed by atoms with E-state index in [2.05, 4.69) is 212 Å². The van der Waals surface area contributed by atoms with Gasteiger partial charge in [0.05, 0.1) is 22.6 Å². The van der Waals surface area contributed by atoms with Crippen molar-refractivity contribution in [3.05, 3.63) is 237 Å². The molecule has 0 aliphatic rings. The van der Waals surface area contributed by atoms with Gasteiger partial charge in [-0.25, -0.2) is 15.0 Å². The lowest BCUT2D eigenvalue weighted by molar-refractivity contribution is 1.18. The van der Waals surface area contributed by atoms with Crippen molar-refractivity contribution in [1.82, 2.24) is 15.0 Å². The molecule has 11 rings (SSSR count). The Morgan fingerprint density at radius 2 is 0.661 bits per heavy atom. The van der Waals surface area contributed by atoms with Gasteiger partial charge in [-0.1, -0.05) is 194 Å². The summed E-state index contributed by atoms with van der Waals surface area (Å²) in [5, 5.41) is 3.51. The number of rotatable bonds is 8. The summed E-state index contributed by atoms with van der Waals surface area (Å²) >= 11 is 0. The van der Waals surface area contributed by atoms with E-state index in [4.69, 9.17) is 15.0 Å². The van der Waals surface area contributed by atoms with Crippen molar-refractivity contribution >= 4 is 21.7 Å². The predicted octanol–water partition coefficient (Wildman–Crippen LogP) is 15.5. The van der Waals surface area contributed by atoms with Gasteiger partial charge in [-0.2, -0.15) is 0 Å². The van der Waals surface area contributed by atoms with Crippen LogP contribution in [0.15, 0.2) is 237 Å². The van der Waals surface area contributed by atoms with E-state index < -0.39 is 0 Å². The topological polar surface area (TPSA) is 38.7 Å². The molecule has 3 heteroatoms. The smallest absolute Gasteiger partial charge is 0.160 e. The highest BCUT2D eigenvalue weighted by Crippen LogP contribution is 2.39. The van der Waals surface area contributed by atoms with Crippen LogP contribution in [0.1, 0.15) is 0 Å². The minimum atomic E-state index is 0.688. The Morgan fingerprint density at radius 1 is 0.242 bits per heavy atom. The molecule has 0 aliphatic heterocycles. The Labute approximate surface area is 361 Å². The summed E-state index contributed by atoms with van der Waals surface area (Å²) in [5.74, 6) is 0.688. The maximum Gasteiger partial charge on any atom is 0.160 e. The molecule has 0 unspecified atom stereocenters. The van der Waals surface area contributed by atoms with Crippen LogP contribution in [0.25, 0.3) is 111 Å². The highest BCUT2D eigenvalue weighted by atomic mass is 14.9. The molecule has 0 atom stereocenters. The average Bonchev–Trinajstić information content (AvgIpc) is 3.37. The average molecular weight is 790 g/mol. The lowest BCUT2D eigenvalue weighted by Crippen LogP contribution is -1.96. The molecule has 0 bridgehead atoms. The monoisotopic (exact) mass is 789 g/mol. The number of fused-ring (bicyclic) bond motifs is 3. The quantitative estimate of drug-likeness (QED) is 0.144. The van der Waals surface area contributed by atoms with E-state index in [0.29, 0.717) is 5.82 Å². The largest absolute Gasteiger partial charge is 0.248 e. The Hall–Kier alpha value is -8.27. The van der Waals surface area contributed by atoms with Crippen LogP contribution < -0.4 is 0 Å². The predicted molar refractivity (Wildman–Crippen MR) is 258 cm³/mol. The molecule has 62 heavy (non-hydrogen) atoms. The molecule has 2 heterocycles. The minimum absolute atomic E-state index is 0.688. The Kier molecular flexibility index (Phi) is 9.53. The van der Waals surface area contributed by atoms with Crippen LogP contribution in [-0.4, -0.2) is 15.0 Å². The number of aromatic nitrogens is 3. The summed E-state index contributed by atoms with van der Waals surface area (Å²) in [6.45, 7) is 0. The fourth-order valence-electron chi connectivity index (χ4n) is 8.50. The van der Waals surface area contributed by atoms with Gasteiger partial charge in [0.15, 0.2) is 5.82 Å². The second-order valence-corrected chi connectivity index (χ2v) is 15.6. The van der Waals surface area contributed by atoms with E-state index >= 15 is 0 Å². The fraction of sp³-hybridized carbons (Fsp3) is 0. The SMILES string of the molecule is c1ccc(-c2cc(-c3ccccc3)cc(-c3cc(-c4ccc(-c5ccc6ccc7nc(-c8ccccc8)cc(-c8ccccc8)c7c6c5)cc4)nc(-c4ccccc4)n3)c2)cc1. The van der Waals surface area contributed by atoms with Crippen LogP contribution in [0, 0.1) is 0 Å². The van der Waals surface area contributed by atoms with Crippen LogP contribution in [0.5, 0.6) is 0 Å². The molecule has 0 fully saturated rings. The number of pyridine rings is 1. The molecule has 0 aliphatic carbocycles. The van der Waals surface area contributed by atoms with E-state index in [1.54, 1.807) is 0 Å². The molecule has 0 spiro atoms. The molecule has 0 amide bonds. The van der Waals surface area contributed by atoms with Crippen molar-refractivity contribution in [3.8, 4) is 89.7 Å². The third-order valence-corrected chi connectivity index (χ3v) is 11.7. The highest BCUT2D eigenvalue weighted by Gasteiger charge is 2.16. The van der Waals surface area contributed by atoms with Gasteiger partial charge in [0.1, 0.15) is 0 Å². The Bertz CT molecular complexity index is 3290. The highest BCUT2D eigenvalue weighted by molar-refractivity contribution is 6.14. The van der Waals surface area contributed by atoms with Gasteiger partial charge in [-0.05, 0) is 97.7 Å². The third kappa shape index (κ3) is 7.23. The van der Waals surface area contributed by atoms with Crippen LogP contribution in [0.4, 0.5) is 0 Å². The van der Waals surface area contributed by atoms with E-state index in [1.807, 2.05) is 24.3 Å². The van der Waals surface area contributed by atoms with Crippen molar-refractivity contribution < 1.29 is 0 Å². The van der Waals surface area contributed by atoms with Crippen LogP contribution >= 0.6 is 0 Å². The summed E-state index contributed by atoms with van der Waals surface area (Å²) < 4.78 is 0. The zero-order chi connectivity index (χ0) is 41.2. The first-order valence-electron chi connectivity index (χ1n) is 21.0. The lowest BCUT2D eigenvalue weighted by atomic mass is 9.92. The summed E-state index contributed by atoms with van der Waals surface area (Å²) in [7, 11) is 0. The van der Waals surface area contributed by atoms with E-state index in [9.17, 15) is 0 Å². The maximum absolute atomic E-state index is 5.22. The first kappa shape index (κ1) is 36.8. The van der Waals surface area contributed by atoms with Crippen molar-refractivity contribution in [2.24, 2.45) is 0 Å². The van der Waals surface area contributed by atoms with Gasteiger partial charge in [0, 0.05) is 27.6 Å². The molecule has 11 aromatic rings. The van der Waals surface area contributed by atoms with E-state index in [-0.39, 0.29) is 0 Å². The second-order valence-electron chi connectivity index (χ2n) is 15.6. The van der Waals surface area contributed by atoms with Crippen LogP contribution in [-0.2, 0) is 0 Å². The molecule has 0 radical (unpaired) electrons. The Balaban J connectivity index is 1.02. The summed E-state index contributed by atoms with van der Waals surface area (Å²) in [6.07, 6.45) is 0. The van der Waals surface area contributed by atoms with Crippen molar-refractivity contribution in [1.29, 1.82) is 0 Å². The van der Waals surface area contributed by atoms with Gasteiger partial charge in [-0.15, -0.1) is 0 Å². The van der Waals surface area contributed by atoms with Crippen LogP contribution in [0.3, 0.4) is 0 Å². The molecular weight excluding hydrogens is 751 g/mol. The fourth-order valence-corrected chi connectivity index (χ4v) is 8.50. The molecule has 0 N–H and O–H groups in total. The standard InChI is InChI=1S/C59H39N3/c1-6-16-40(17-7-1)49-34-50(41-18-8-2-9-19-41)36-51(35-49)57-39-56(61-59(62-57)47-24-14-5-15-25-47)46-29-26-42(27-30-46)48-31-28-44-32-33-54-58(52(44)37-48)53(43-20-10-3-11-21-43)38-55(60-54)45-22-12-4-13-23-45/h1-39H. The van der Waals surface area contributed by atoms with Gasteiger partial charge in [0.2, 0.25) is 0 Å². The third-order valence-electron chi connectivity index (χ3n) is 11.7. The van der Waals surface area contributed by atoms with Crippen LogP contribution in [0.2, 0.25) is 0 Å². The number of nitrogens with zero attached hydrogens (tertiary/aromatic N) is 3. The molecule has 0 saturated carbocycles. The van der Waals surface area contributed by atoms with Crippen molar-refractivity contribution in [2.45, 2.75) is 0 Å². The first-order chi connectivity index (χ1) is 30.7. The van der Waals surface area contributed by atoms with E-state index in [1.165, 1.54) is 21.9 Å². The van der Waals surface area contributed by atoms with Crippen molar-refractivity contribution in [2.75, 3.05) is 0 Å². The molecule has 3 nitrogen and oxygen atoms in total. The molecular formula is C59H39N3.